The molecule has 0 saturated heterocycles. The zero-order chi connectivity index (χ0) is 12.2. The van der Waals surface area contributed by atoms with Crippen LogP contribution in [-0.4, -0.2) is 17.2 Å². The minimum atomic E-state index is -0.421. The molecule has 16 heavy (non-hydrogen) atoms. The number of amides is 1. The van der Waals surface area contributed by atoms with Crippen molar-refractivity contribution in [2.24, 2.45) is 11.6 Å². The molecule has 1 aromatic heterocycles. The van der Waals surface area contributed by atoms with Crippen LogP contribution in [0.15, 0.2) is 16.5 Å². The first-order valence-electron chi connectivity index (χ1n) is 4.88. The van der Waals surface area contributed by atoms with Gasteiger partial charge in [-0.3, -0.25) is 10.2 Å². The fourth-order valence-corrected chi connectivity index (χ4v) is 2.05. The van der Waals surface area contributed by atoms with Crippen LogP contribution in [0.3, 0.4) is 0 Å². The number of thioether (sulfide) groups is 1. The summed E-state index contributed by atoms with van der Waals surface area (Å²) in [5.74, 6) is 7.06. The van der Waals surface area contributed by atoms with Gasteiger partial charge in [0.15, 0.2) is 5.76 Å². The minimum Gasteiger partial charge on any atom is -0.455 e. The van der Waals surface area contributed by atoms with Crippen LogP contribution in [0.25, 0.3) is 0 Å². The van der Waals surface area contributed by atoms with Gasteiger partial charge in [-0.25, -0.2) is 5.84 Å². The van der Waals surface area contributed by atoms with E-state index in [0.717, 1.165) is 11.5 Å². The number of furan rings is 1. The van der Waals surface area contributed by atoms with Gasteiger partial charge in [0.25, 0.3) is 0 Å². The summed E-state index contributed by atoms with van der Waals surface area (Å²) in [5.41, 5.74) is 7.66. The molecule has 0 unspecified atom stereocenters. The molecule has 0 spiro atoms. The zero-order valence-corrected chi connectivity index (χ0v) is 10.3. The molecule has 0 bridgehead atoms. The average molecular weight is 243 g/mol. The van der Waals surface area contributed by atoms with Crippen molar-refractivity contribution in [1.29, 1.82) is 0 Å². The van der Waals surface area contributed by atoms with Gasteiger partial charge in [0, 0.05) is 11.3 Å². The van der Waals surface area contributed by atoms with Gasteiger partial charge in [0.2, 0.25) is 0 Å². The Kier molecular flexibility index (Phi) is 4.40. The lowest BCUT2D eigenvalue weighted by molar-refractivity contribution is 0.0924. The van der Waals surface area contributed by atoms with Crippen LogP contribution in [0.1, 0.15) is 30.2 Å². The van der Waals surface area contributed by atoms with Gasteiger partial charge in [0.1, 0.15) is 5.76 Å². The first-order chi connectivity index (χ1) is 7.42. The Morgan fingerprint density at radius 1 is 1.56 bits per heavy atom. The van der Waals surface area contributed by atoms with E-state index in [-0.39, 0.29) is 11.3 Å². The van der Waals surface area contributed by atoms with Crippen molar-refractivity contribution in [2.45, 2.75) is 25.1 Å². The summed E-state index contributed by atoms with van der Waals surface area (Å²) in [6.07, 6.45) is 0. The third-order valence-electron chi connectivity index (χ3n) is 1.73. The van der Waals surface area contributed by atoms with E-state index in [1.54, 1.807) is 23.9 Å². The second-order valence-electron chi connectivity index (χ2n) is 4.22. The summed E-state index contributed by atoms with van der Waals surface area (Å²) in [6.45, 7) is 3.94. The van der Waals surface area contributed by atoms with Gasteiger partial charge in [-0.15, -0.1) is 0 Å². The maximum absolute atomic E-state index is 11.1. The predicted octanol–water partition coefficient (Wildman–Crippen LogP) is 0.854. The van der Waals surface area contributed by atoms with Crippen molar-refractivity contribution in [3.63, 3.8) is 0 Å². The highest BCUT2D eigenvalue weighted by Gasteiger charge is 2.12. The van der Waals surface area contributed by atoms with E-state index in [2.05, 4.69) is 0 Å². The van der Waals surface area contributed by atoms with E-state index in [0.29, 0.717) is 5.75 Å². The lowest BCUT2D eigenvalue weighted by atomic mass is 10.1. The van der Waals surface area contributed by atoms with Crippen molar-refractivity contribution in [3.8, 4) is 0 Å². The van der Waals surface area contributed by atoms with Crippen LogP contribution in [0.4, 0.5) is 0 Å². The van der Waals surface area contributed by atoms with E-state index < -0.39 is 5.91 Å². The molecule has 5 nitrogen and oxygen atoms in total. The molecule has 1 heterocycles. The first kappa shape index (κ1) is 13.1. The molecule has 0 atom stereocenters. The molecule has 0 aliphatic heterocycles. The Hall–Kier alpha value is -0.980. The average Bonchev–Trinajstić information content (AvgIpc) is 2.63. The minimum absolute atomic E-state index is 0.200. The summed E-state index contributed by atoms with van der Waals surface area (Å²) in [7, 11) is 0. The highest BCUT2D eigenvalue weighted by molar-refractivity contribution is 7.98. The summed E-state index contributed by atoms with van der Waals surface area (Å²) in [6, 6.07) is 3.37. The molecular formula is C10H17N3O2S. The molecule has 5 N–H and O–H groups in total. The second-order valence-corrected chi connectivity index (χ2v) is 5.21. The molecule has 6 heteroatoms. The maximum Gasteiger partial charge on any atom is 0.300 e. The summed E-state index contributed by atoms with van der Waals surface area (Å²) in [4.78, 5) is 11.1. The predicted molar refractivity (Wildman–Crippen MR) is 64.8 cm³/mol. The maximum atomic E-state index is 11.1. The molecule has 0 saturated carbocycles. The third kappa shape index (κ3) is 4.26. The Bertz CT molecular complexity index is 357. The Morgan fingerprint density at radius 2 is 2.25 bits per heavy atom. The van der Waals surface area contributed by atoms with Crippen LogP contribution in [0.2, 0.25) is 0 Å². The lowest BCUT2D eigenvalue weighted by Crippen LogP contribution is -2.34. The number of hydrazine groups is 1. The number of rotatable bonds is 5. The molecule has 0 fully saturated rings. The number of carbonyl (C=O) groups excluding carboxylic acids is 1. The summed E-state index contributed by atoms with van der Waals surface area (Å²) in [5, 5.41) is 0. The molecule has 1 amide bonds. The Labute approximate surface area is 98.9 Å². The highest BCUT2D eigenvalue weighted by atomic mass is 32.2. The number of carbonyl (C=O) groups is 1. The van der Waals surface area contributed by atoms with Crippen molar-refractivity contribution in [2.75, 3.05) is 5.75 Å². The zero-order valence-electron chi connectivity index (χ0n) is 9.45. The van der Waals surface area contributed by atoms with Gasteiger partial charge in [-0.05, 0) is 26.0 Å². The number of hydrogen-bond donors (Lipinski definition) is 3. The van der Waals surface area contributed by atoms with E-state index in [9.17, 15) is 4.79 Å². The number of nitrogens with one attached hydrogen (secondary N) is 1. The lowest BCUT2D eigenvalue weighted by Gasteiger charge is -2.16. The van der Waals surface area contributed by atoms with Crippen LogP contribution >= 0.6 is 11.8 Å². The Balaban J connectivity index is 2.44. The fraction of sp³-hybridized carbons (Fsp3) is 0.500. The van der Waals surface area contributed by atoms with E-state index in [1.165, 1.54) is 0 Å². The molecule has 0 aromatic carbocycles. The van der Waals surface area contributed by atoms with Crippen LogP contribution in [0, 0.1) is 0 Å². The number of hydrogen-bond acceptors (Lipinski definition) is 5. The van der Waals surface area contributed by atoms with Crippen LogP contribution in [0.5, 0.6) is 0 Å². The van der Waals surface area contributed by atoms with Crippen molar-refractivity contribution >= 4 is 17.7 Å². The van der Waals surface area contributed by atoms with Gasteiger partial charge in [-0.1, -0.05) is 0 Å². The highest BCUT2D eigenvalue weighted by Crippen LogP contribution is 2.18. The molecule has 0 aliphatic rings. The molecule has 0 radical (unpaired) electrons. The topological polar surface area (TPSA) is 94.3 Å². The second kappa shape index (κ2) is 5.38. The molecule has 90 valence electrons. The Morgan fingerprint density at radius 3 is 2.81 bits per heavy atom. The summed E-state index contributed by atoms with van der Waals surface area (Å²) >= 11 is 1.66. The van der Waals surface area contributed by atoms with E-state index >= 15 is 0 Å². The fourth-order valence-electron chi connectivity index (χ4n) is 1.06. The van der Waals surface area contributed by atoms with Crippen LogP contribution < -0.4 is 17.0 Å². The van der Waals surface area contributed by atoms with E-state index in [1.807, 2.05) is 19.3 Å². The smallest absolute Gasteiger partial charge is 0.300 e. The number of nitrogen functional groups attached to an aromatic ring is 1. The monoisotopic (exact) mass is 243 g/mol. The van der Waals surface area contributed by atoms with Gasteiger partial charge in [-0.2, -0.15) is 11.8 Å². The van der Waals surface area contributed by atoms with Crippen LogP contribution in [-0.2, 0) is 5.75 Å². The summed E-state index contributed by atoms with van der Waals surface area (Å²) < 4.78 is 5.30. The van der Waals surface area contributed by atoms with E-state index in [4.69, 9.17) is 16.0 Å². The normalized spacial score (nSPS) is 11.5. The van der Waals surface area contributed by atoms with Gasteiger partial charge in [0.05, 0.1) is 5.75 Å². The van der Waals surface area contributed by atoms with Gasteiger partial charge < -0.3 is 10.2 Å². The van der Waals surface area contributed by atoms with Crippen molar-refractivity contribution in [3.05, 3.63) is 23.7 Å². The van der Waals surface area contributed by atoms with Crippen molar-refractivity contribution in [1.82, 2.24) is 5.43 Å². The SMILES string of the molecule is CC(C)(N)CSCc1ccc(C(=O)NN)o1. The number of nitrogens with two attached hydrogens (primary N) is 2. The third-order valence-corrected chi connectivity index (χ3v) is 3.17. The standard InChI is InChI=1S/C10H17N3O2S/c1-10(2,11)6-16-5-7-3-4-8(15-7)9(14)13-12/h3-4H,5-6,11-12H2,1-2H3,(H,13,14). The first-order valence-corrected chi connectivity index (χ1v) is 6.04. The molecule has 1 aromatic rings. The van der Waals surface area contributed by atoms with Crippen molar-refractivity contribution < 1.29 is 9.21 Å². The van der Waals surface area contributed by atoms with Gasteiger partial charge >= 0.3 is 5.91 Å². The molecular weight excluding hydrogens is 226 g/mol. The molecule has 0 aliphatic carbocycles. The quantitative estimate of drug-likeness (QED) is 0.405. The largest absolute Gasteiger partial charge is 0.455 e. The molecule has 1 rings (SSSR count).